The number of nitrogens with one attached hydrogen (secondary N) is 1. The third kappa shape index (κ3) is 2.37. The Morgan fingerprint density at radius 2 is 2.15 bits per heavy atom. The Morgan fingerprint density at radius 3 is 2.95 bits per heavy atom. The number of hydrogen-bond acceptors (Lipinski definition) is 3. The van der Waals surface area contributed by atoms with Gasteiger partial charge in [-0.25, -0.2) is 0 Å². The molecule has 2 aromatic heterocycles. The van der Waals surface area contributed by atoms with Crippen LogP contribution in [0.1, 0.15) is 25.5 Å². The number of fused-ring (bicyclic) bond motifs is 1. The molecule has 3 rings (SSSR count). The van der Waals surface area contributed by atoms with E-state index in [1.807, 2.05) is 29.3 Å². The van der Waals surface area contributed by atoms with Gasteiger partial charge in [-0.1, -0.05) is 12.1 Å². The minimum Gasteiger partial charge on any atom is -0.378 e. The second-order valence-corrected chi connectivity index (χ2v) is 4.90. The normalized spacial score (nSPS) is 12.5. The Labute approximate surface area is 118 Å². The highest BCUT2D eigenvalue weighted by atomic mass is 15.3. The standard InChI is InChI=1S/C16H18N4/c1-3-20-11-14(10-18-20)12(2)19-16-6-4-5-13-9-17-8-7-15(13)16/h4-12,19H,3H2,1-2H3. The van der Waals surface area contributed by atoms with Gasteiger partial charge in [0.25, 0.3) is 0 Å². The third-order valence-electron chi connectivity index (χ3n) is 3.53. The first-order valence-electron chi connectivity index (χ1n) is 6.89. The molecule has 0 aliphatic carbocycles. The monoisotopic (exact) mass is 266 g/mol. The van der Waals surface area contributed by atoms with E-state index in [0.29, 0.717) is 0 Å². The fraction of sp³-hybridized carbons (Fsp3) is 0.250. The zero-order chi connectivity index (χ0) is 13.9. The summed E-state index contributed by atoms with van der Waals surface area (Å²) in [6, 6.07) is 8.49. The number of benzene rings is 1. The van der Waals surface area contributed by atoms with E-state index in [4.69, 9.17) is 0 Å². The summed E-state index contributed by atoms with van der Waals surface area (Å²) in [6.45, 7) is 5.14. The van der Waals surface area contributed by atoms with Crippen LogP contribution in [-0.2, 0) is 6.54 Å². The molecule has 1 atom stereocenters. The summed E-state index contributed by atoms with van der Waals surface area (Å²) in [7, 11) is 0. The van der Waals surface area contributed by atoms with Gasteiger partial charge < -0.3 is 5.32 Å². The highest BCUT2D eigenvalue weighted by Gasteiger charge is 2.09. The quantitative estimate of drug-likeness (QED) is 0.784. The van der Waals surface area contributed by atoms with Crippen molar-refractivity contribution in [2.75, 3.05) is 5.32 Å². The van der Waals surface area contributed by atoms with Crippen LogP contribution >= 0.6 is 0 Å². The smallest absolute Gasteiger partial charge is 0.0542 e. The first-order valence-corrected chi connectivity index (χ1v) is 6.89. The molecule has 0 saturated carbocycles. The van der Waals surface area contributed by atoms with Gasteiger partial charge >= 0.3 is 0 Å². The van der Waals surface area contributed by atoms with Crippen LogP contribution in [0.25, 0.3) is 10.8 Å². The molecule has 0 aliphatic rings. The Bertz CT molecular complexity index is 712. The van der Waals surface area contributed by atoms with E-state index < -0.39 is 0 Å². The SMILES string of the molecule is CCn1cc(C(C)Nc2cccc3cnccc23)cn1. The van der Waals surface area contributed by atoms with E-state index in [9.17, 15) is 0 Å². The van der Waals surface area contributed by atoms with Gasteiger partial charge in [-0.2, -0.15) is 5.10 Å². The van der Waals surface area contributed by atoms with E-state index in [2.05, 4.69) is 53.6 Å². The van der Waals surface area contributed by atoms with Crippen LogP contribution in [0.2, 0.25) is 0 Å². The second kappa shape index (κ2) is 5.33. The van der Waals surface area contributed by atoms with Gasteiger partial charge in [0.1, 0.15) is 0 Å². The van der Waals surface area contributed by atoms with Gasteiger partial charge in [0.2, 0.25) is 0 Å². The maximum Gasteiger partial charge on any atom is 0.0542 e. The molecule has 4 nitrogen and oxygen atoms in total. The van der Waals surface area contributed by atoms with Crippen LogP contribution in [0, 0.1) is 0 Å². The lowest BCUT2D eigenvalue weighted by atomic mass is 10.1. The van der Waals surface area contributed by atoms with Crippen molar-refractivity contribution >= 4 is 16.5 Å². The zero-order valence-corrected chi connectivity index (χ0v) is 11.7. The summed E-state index contributed by atoms with van der Waals surface area (Å²) in [5, 5.41) is 10.2. The van der Waals surface area contributed by atoms with Crippen molar-refractivity contribution in [3.05, 3.63) is 54.6 Å². The van der Waals surface area contributed by atoms with E-state index in [1.54, 1.807) is 0 Å². The summed E-state index contributed by atoms with van der Waals surface area (Å²) in [5.41, 5.74) is 2.32. The highest BCUT2D eigenvalue weighted by molar-refractivity contribution is 5.93. The molecule has 0 radical (unpaired) electrons. The lowest BCUT2D eigenvalue weighted by Crippen LogP contribution is -2.06. The van der Waals surface area contributed by atoms with Crippen molar-refractivity contribution in [3.8, 4) is 0 Å². The molecule has 0 amide bonds. The molecule has 0 saturated heterocycles. The molecule has 3 aromatic rings. The Morgan fingerprint density at radius 1 is 1.25 bits per heavy atom. The van der Waals surface area contributed by atoms with Crippen LogP contribution in [0.15, 0.2) is 49.1 Å². The van der Waals surface area contributed by atoms with Gasteiger partial charge in [-0.15, -0.1) is 0 Å². The molecule has 20 heavy (non-hydrogen) atoms. The Hall–Kier alpha value is -2.36. The molecular weight excluding hydrogens is 248 g/mol. The van der Waals surface area contributed by atoms with Crippen molar-refractivity contribution in [3.63, 3.8) is 0 Å². The van der Waals surface area contributed by atoms with Crippen molar-refractivity contribution in [2.45, 2.75) is 26.4 Å². The molecule has 1 unspecified atom stereocenters. The molecule has 0 fully saturated rings. The van der Waals surface area contributed by atoms with Gasteiger partial charge in [0.05, 0.1) is 12.2 Å². The third-order valence-corrected chi connectivity index (χ3v) is 3.53. The fourth-order valence-corrected chi connectivity index (χ4v) is 2.34. The van der Waals surface area contributed by atoms with Crippen LogP contribution < -0.4 is 5.32 Å². The second-order valence-electron chi connectivity index (χ2n) is 4.90. The molecule has 102 valence electrons. The number of aryl methyl sites for hydroxylation is 1. The molecule has 4 heteroatoms. The fourth-order valence-electron chi connectivity index (χ4n) is 2.34. The summed E-state index contributed by atoms with van der Waals surface area (Å²) in [5.74, 6) is 0. The van der Waals surface area contributed by atoms with Crippen LogP contribution in [-0.4, -0.2) is 14.8 Å². The number of aromatic nitrogens is 3. The zero-order valence-electron chi connectivity index (χ0n) is 11.7. The Balaban J connectivity index is 1.89. The summed E-state index contributed by atoms with van der Waals surface area (Å²) in [6.07, 6.45) is 7.73. The maximum atomic E-state index is 4.33. The average molecular weight is 266 g/mol. The lowest BCUT2D eigenvalue weighted by molar-refractivity contribution is 0.658. The summed E-state index contributed by atoms with van der Waals surface area (Å²) in [4.78, 5) is 4.16. The molecule has 0 aliphatic heterocycles. The van der Waals surface area contributed by atoms with Crippen LogP contribution in [0.4, 0.5) is 5.69 Å². The summed E-state index contributed by atoms with van der Waals surface area (Å²) >= 11 is 0. The maximum absolute atomic E-state index is 4.33. The lowest BCUT2D eigenvalue weighted by Gasteiger charge is -2.15. The van der Waals surface area contributed by atoms with Crippen molar-refractivity contribution in [1.29, 1.82) is 0 Å². The van der Waals surface area contributed by atoms with Gasteiger partial charge in [0.15, 0.2) is 0 Å². The number of hydrogen-bond donors (Lipinski definition) is 1. The van der Waals surface area contributed by atoms with E-state index >= 15 is 0 Å². The van der Waals surface area contributed by atoms with E-state index in [0.717, 1.165) is 17.6 Å². The van der Waals surface area contributed by atoms with Gasteiger partial charge in [-0.3, -0.25) is 9.67 Å². The molecule has 2 heterocycles. The predicted molar refractivity (Wildman–Crippen MR) is 81.7 cm³/mol. The highest BCUT2D eigenvalue weighted by Crippen LogP contribution is 2.26. The first-order chi connectivity index (χ1) is 9.78. The van der Waals surface area contributed by atoms with Crippen molar-refractivity contribution in [1.82, 2.24) is 14.8 Å². The van der Waals surface area contributed by atoms with E-state index in [1.165, 1.54) is 10.9 Å². The van der Waals surface area contributed by atoms with Gasteiger partial charge in [0, 0.05) is 47.2 Å². The van der Waals surface area contributed by atoms with Crippen molar-refractivity contribution < 1.29 is 0 Å². The van der Waals surface area contributed by atoms with E-state index in [-0.39, 0.29) is 6.04 Å². The minimum atomic E-state index is 0.217. The molecule has 0 spiro atoms. The average Bonchev–Trinajstić information content (AvgIpc) is 2.97. The largest absolute Gasteiger partial charge is 0.378 e. The molecule has 1 aromatic carbocycles. The first kappa shape index (κ1) is 12.7. The molecule has 0 bridgehead atoms. The van der Waals surface area contributed by atoms with Gasteiger partial charge in [-0.05, 0) is 26.0 Å². The Kier molecular flexibility index (Phi) is 3.37. The van der Waals surface area contributed by atoms with Crippen LogP contribution in [0.5, 0.6) is 0 Å². The summed E-state index contributed by atoms with van der Waals surface area (Å²) < 4.78 is 1.94. The minimum absolute atomic E-state index is 0.217. The number of pyridine rings is 1. The van der Waals surface area contributed by atoms with Crippen LogP contribution in [0.3, 0.4) is 0 Å². The predicted octanol–water partition coefficient (Wildman–Crippen LogP) is 3.62. The van der Waals surface area contributed by atoms with Crippen molar-refractivity contribution in [2.24, 2.45) is 0 Å². The number of nitrogens with zero attached hydrogens (tertiary/aromatic N) is 3. The number of rotatable bonds is 4. The topological polar surface area (TPSA) is 42.7 Å². The molecular formula is C16H18N4. The molecule has 1 N–H and O–H groups in total. The number of anilines is 1.